The summed E-state index contributed by atoms with van der Waals surface area (Å²) < 4.78 is 32.0. The highest BCUT2D eigenvalue weighted by Gasteiger charge is 2.23. The normalized spacial score (nSPS) is 17.1. The van der Waals surface area contributed by atoms with Crippen LogP contribution in [0.5, 0.6) is 0 Å². The average molecular weight is 312 g/mol. The van der Waals surface area contributed by atoms with E-state index in [-0.39, 0.29) is 17.4 Å². The van der Waals surface area contributed by atoms with E-state index in [2.05, 4.69) is 4.72 Å². The third kappa shape index (κ3) is 4.03. The molecular formula is C14H20N2O4S. The maximum atomic E-state index is 12.2. The van der Waals surface area contributed by atoms with E-state index in [1.807, 2.05) is 0 Å². The minimum Gasteiger partial charge on any atom is -0.370 e. The molecule has 0 bridgehead atoms. The van der Waals surface area contributed by atoms with Gasteiger partial charge in [0.05, 0.1) is 11.5 Å². The number of nitrogens with zero attached hydrogens (tertiary/aromatic N) is 1. The third-order valence-electron chi connectivity index (χ3n) is 2.89. The van der Waals surface area contributed by atoms with Crippen LogP contribution in [0.4, 0.5) is 5.69 Å². The first-order valence-corrected chi connectivity index (χ1v) is 8.19. The predicted molar refractivity (Wildman–Crippen MR) is 79.7 cm³/mol. The van der Waals surface area contributed by atoms with E-state index in [4.69, 9.17) is 4.74 Å². The summed E-state index contributed by atoms with van der Waals surface area (Å²) in [5.74, 6) is -0.121. The molecule has 6 nitrogen and oxygen atoms in total. The van der Waals surface area contributed by atoms with Crippen LogP contribution >= 0.6 is 0 Å². The molecule has 1 aromatic carbocycles. The number of amides is 1. The zero-order chi connectivity index (χ0) is 15.7. The quantitative estimate of drug-likeness (QED) is 0.907. The highest BCUT2D eigenvalue weighted by molar-refractivity contribution is 7.89. The molecule has 1 heterocycles. The zero-order valence-corrected chi connectivity index (χ0v) is 13.2. The van der Waals surface area contributed by atoms with Gasteiger partial charge in [-0.2, -0.15) is 0 Å². The molecule has 1 aromatic rings. The fourth-order valence-electron chi connectivity index (χ4n) is 2.06. The molecule has 1 N–H and O–H groups in total. The number of hydrogen-bond acceptors (Lipinski definition) is 4. The van der Waals surface area contributed by atoms with Crippen LogP contribution in [0, 0.1) is 0 Å². The average Bonchev–Trinajstić information content (AvgIpc) is 2.37. The van der Waals surface area contributed by atoms with Gasteiger partial charge in [-0.05, 0) is 45.0 Å². The van der Waals surface area contributed by atoms with E-state index in [1.165, 1.54) is 12.1 Å². The molecule has 0 atom stereocenters. The van der Waals surface area contributed by atoms with Gasteiger partial charge in [-0.15, -0.1) is 0 Å². The lowest BCUT2D eigenvalue weighted by atomic mass is 10.1. The van der Waals surface area contributed by atoms with Crippen LogP contribution in [0.3, 0.4) is 0 Å². The van der Waals surface area contributed by atoms with E-state index in [0.29, 0.717) is 18.8 Å². The number of ether oxygens (including phenoxy) is 1. The molecule has 0 aromatic heterocycles. The van der Waals surface area contributed by atoms with Gasteiger partial charge in [-0.25, -0.2) is 13.1 Å². The molecule has 1 amide bonds. The van der Waals surface area contributed by atoms with E-state index in [9.17, 15) is 13.2 Å². The van der Waals surface area contributed by atoms with Crippen molar-refractivity contribution in [1.29, 1.82) is 0 Å². The second kappa shape index (κ2) is 5.75. The van der Waals surface area contributed by atoms with Crippen molar-refractivity contribution >= 4 is 21.6 Å². The van der Waals surface area contributed by atoms with E-state index in [1.54, 1.807) is 37.8 Å². The minimum absolute atomic E-state index is 0.0611. The van der Waals surface area contributed by atoms with Crippen LogP contribution in [-0.2, 0) is 19.6 Å². The molecule has 1 aliphatic rings. The predicted octanol–water partition coefficient (Wildman–Crippen LogP) is 1.13. The summed E-state index contributed by atoms with van der Waals surface area (Å²) in [5, 5.41) is 0. The summed E-state index contributed by atoms with van der Waals surface area (Å²) >= 11 is 0. The Morgan fingerprint density at radius 2 is 1.81 bits per heavy atom. The summed E-state index contributed by atoms with van der Waals surface area (Å²) in [6.07, 6.45) is 0. The first kappa shape index (κ1) is 15.9. The van der Waals surface area contributed by atoms with Gasteiger partial charge in [0.15, 0.2) is 0 Å². The van der Waals surface area contributed by atoms with Crippen LogP contribution in [0.15, 0.2) is 29.2 Å². The number of hydrogen-bond donors (Lipinski definition) is 1. The Kier molecular flexibility index (Phi) is 4.36. The number of morpholine rings is 1. The first-order chi connectivity index (χ1) is 9.69. The van der Waals surface area contributed by atoms with Crippen LogP contribution in [0.1, 0.15) is 20.8 Å². The lowest BCUT2D eigenvalue weighted by Crippen LogP contribution is -2.42. The maximum absolute atomic E-state index is 12.2. The Morgan fingerprint density at radius 1 is 1.19 bits per heavy atom. The zero-order valence-electron chi connectivity index (χ0n) is 12.4. The fraction of sp³-hybridized carbons (Fsp3) is 0.500. The number of anilines is 1. The Hall–Kier alpha value is -1.44. The van der Waals surface area contributed by atoms with Crippen molar-refractivity contribution in [3.63, 3.8) is 0 Å². The Morgan fingerprint density at radius 3 is 2.33 bits per heavy atom. The molecule has 1 saturated heterocycles. The van der Waals surface area contributed by atoms with Crippen molar-refractivity contribution in [2.75, 3.05) is 24.7 Å². The molecule has 0 spiro atoms. The SMILES string of the molecule is CC(C)(C)NS(=O)(=O)c1ccc(N2CCOCC2=O)cc1. The van der Waals surface area contributed by atoms with Gasteiger partial charge in [-0.3, -0.25) is 4.79 Å². The Labute approximate surface area is 125 Å². The number of carbonyl (C=O) groups is 1. The van der Waals surface area contributed by atoms with Gasteiger partial charge in [0.1, 0.15) is 6.61 Å². The van der Waals surface area contributed by atoms with Gasteiger partial charge in [0.2, 0.25) is 10.0 Å². The summed E-state index contributed by atoms with van der Waals surface area (Å²) in [6, 6.07) is 6.29. The van der Waals surface area contributed by atoms with E-state index >= 15 is 0 Å². The van der Waals surface area contributed by atoms with Crippen LogP contribution in [0.2, 0.25) is 0 Å². The second-order valence-electron chi connectivity index (χ2n) is 5.95. The Balaban J connectivity index is 2.21. The second-order valence-corrected chi connectivity index (χ2v) is 7.63. The monoisotopic (exact) mass is 312 g/mol. The lowest BCUT2D eigenvalue weighted by molar-refractivity contribution is -0.125. The topological polar surface area (TPSA) is 75.7 Å². The molecule has 21 heavy (non-hydrogen) atoms. The summed E-state index contributed by atoms with van der Waals surface area (Å²) in [7, 11) is -3.56. The molecule has 0 unspecified atom stereocenters. The first-order valence-electron chi connectivity index (χ1n) is 6.71. The van der Waals surface area contributed by atoms with Crippen LogP contribution in [-0.4, -0.2) is 39.6 Å². The van der Waals surface area contributed by atoms with E-state index < -0.39 is 15.6 Å². The van der Waals surface area contributed by atoms with Crippen LogP contribution in [0.25, 0.3) is 0 Å². The van der Waals surface area contributed by atoms with Gasteiger partial charge in [0, 0.05) is 17.8 Å². The molecule has 7 heteroatoms. The molecule has 0 aliphatic carbocycles. The highest BCUT2D eigenvalue weighted by Crippen LogP contribution is 2.20. The van der Waals surface area contributed by atoms with Crippen molar-refractivity contribution in [2.24, 2.45) is 0 Å². The number of benzene rings is 1. The summed E-state index contributed by atoms with van der Waals surface area (Å²) in [4.78, 5) is 13.5. The van der Waals surface area contributed by atoms with Crippen molar-refractivity contribution in [3.05, 3.63) is 24.3 Å². The number of carbonyl (C=O) groups excluding carboxylic acids is 1. The van der Waals surface area contributed by atoms with Gasteiger partial charge < -0.3 is 9.64 Å². The van der Waals surface area contributed by atoms with Gasteiger partial charge >= 0.3 is 0 Å². The molecule has 1 fully saturated rings. The number of nitrogens with one attached hydrogen (secondary N) is 1. The smallest absolute Gasteiger partial charge is 0.253 e. The molecule has 0 radical (unpaired) electrons. The van der Waals surface area contributed by atoms with Gasteiger partial charge in [0.25, 0.3) is 5.91 Å². The van der Waals surface area contributed by atoms with Crippen molar-refractivity contribution in [1.82, 2.24) is 4.72 Å². The summed E-state index contributed by atoms with van der Waals surface area (Å²) in [6.45, 7) is 6.37. The maximum Gasteiger partial charge on any atom is 0.253 e. The molecule has 0 saturated carbocycles. The number of sulfonamides is 1. The van der Waals surface area contributed by atoms with Crippen LogP contribution < -0.4 is 9.62 Å². The Bertz CT molecular complexity index is 617. The third-order valence-corrected chi connectivity index (χ3v) is 4.66. The molecule has 2 rings (SSSR count). The molecule has 1 aliphatic heterocycles. The summed E-state index contributed by atoms with van der Waals surface area (Å²) in [5.41, 5.74) is 0.135. The van der Waals surface area contributed by atoms with Gasteiger partial charge in [-0.1, -0.05) is 0 Å². The number of rotatable bonds is 3. The molecule has 116 valence electrons. The standard InChI is InChI=1S/C14H20N2O4S/c1-14(2,3)15-21(18,19)12-6-4-11(5-7-12)16-8-9-20-10-13(16)17/h4-7,15H,8-10H2,1-3H3. The molecular weight excluding hydrogens is 292 g/mol. The van der Waals surface area contributed by atoms with E-state index in [0.717, 1.165) is 0 Å². The lowest BCUT2D eigenvalue weighted by Gasteiger charge is -2.27. The van der Waals surface area contributed by atoms with Crippen molar-refractivity contribution < 1.29 is 17.9 Å². The largest absolute Gasteiger partial charge is 0.370 e. The minimum atomic E-state index is -3.56. The van der Waals surface area contributed by atoms with Crippen molar-refractivity contribution in [3.8, 4) is 0 Å². The highest BCUT2D eigenvalue weighted by atomic mass is 32.2. The fourth-order valence-corrected chi connectivity index (χ4v) is 3.48. The van der Waals surface area contributed by atoms with Crippen molar-refractivity contribution in [2.45, 2.75) is 31.2 Å².